The maximum Gasteiger partial charge on any atom is 0.227 e. The third-order valence-electron chi connectivity index (χ3n) is 3.90. The molecule has 1 saturated carbocycles. The Morgan fingerprint density at radius 3 is 3.00 bits per heavy atom. The van der Waals surface area contributed by atoms with Crippen LogP contribution in [0.2, 0.25) is 0 Å². The van der Waals surface area contributed by atoms with Gasteiger partial charge in [0, 0.05) is 12.6 Å². The summed E-state index contributed by atoms with van der Waals surface area (Å²) in [4.78, 5) is 14.2. The Bertz CT molecular complexity index is 398. The summed E-state index contributed by atoms with van der Waals surface area (Å²) in [7, 11) is 1.82. The lowest BCUT2D eigenvalue weighted by molar-refractivity contribution is -0.138. The van der Waals surface area contributed by atoms with Crippen LogP contribution in [0.3, 0.4) is 0 Å². The van der Waals surface area contributed by atoms with Crippen molar-refractivity contribution in [3.8, 4) is 0 Å². The molecule has 1 heterocycles. The van der Waals surface area contributed by atoms with Gasteiger partial charge in [0.25, 0.3) is 0 Å². The summed E-state index contributed by atoms with van der Waals surface area (Å²) in [5.41, 5.74) is 5.89. The lowest BCUT2D eigenvalue weighted by Gasteiger charge is -2.39. The quantitative estimate of drug-likeness (QED) is 0.894. The zero-order valence-corrected chi connectivity index (χ0v) is 11.2. The van der Waals surface area contributed by atoms with Gasteiger partial charge in [-0.2, -0.15) is 0 Å². The van der Waals surface area contributed by atoms with Gasteiger partial charge >= 0.3 is 0 Å². The van der Waals surface area contributed by atoms with E-state index in [0.29, 0.717) is 6.54 Å². The molecule has 1 aromatic heterocycles. The lowest BCUT2D eigenvalue weighted by Crippen LogP contribution is -2.52. The van der Waals surface area contributed by atoms with Gasteiger partial charge < -0.3 is 15.1 Å². The molecule has 4 heteroatoms. The van der Waals surface area contributed by atoms with Crippen molar-refractivity contribution in [3.05, 3.63) is 24.2 Å². The molecule has 100 valence electrons. The van der Waals surface area contributed by atoms with E-state index in [0.717, 1.165) is 31.4 Å². The van der Waals surface area contributed by atoms with Gasteiger partial charge in [-0.3, -0.25) is 4.79 Å². The molecule has 1 amide bonds. The highest BCUT2D eigenvalue weighted by Crippen LogP contribution is 2.32. The van der Waals surface area contributed by atoms with E-state index in [4.69, 9.17) is 10.2 Å². The number of furan rings is 1. The molecule has 18 heavy (non-hydrogen) atoms. The second kappa shape index (κ2) is 5.14. The van der Waals surface area contributed by atoms with Crippen LogP contribution in [-0.2, 0) is 11.3 Å². The van der Waals surface area contributed by atoms with Gasteiger partial charge in [0.15, 0.2) is 0 Å². The number of hydrogen-bond donors (Lipinski definition) is 1. The van der Waals surface area contributed by atoms with E-state index in [-0.39, 0.29) is 17.4 Å². The van der Waals surface area contributed by atoms with Crippen LogP contribution in [0, 0.1) is 5.92 Å². The maximum absolute atomic E-state index is 12.4. The first-order valence-electron chi connectivity index (χ1n) is 6.57. The fraction of sp³-hybridized carbons (Fsp3) is 0.643. The lowest BCUT2D eigenvalue weighted by atomic mass is 9.74. The summed E-state index contributed by atoms with van der Waals surface area (Å²) in [5, 5.41) is 0. The third-order valence-corrected chi connectivity index (χ3v) is 3.90. The van der Waals surface area contributed by atoms with Crippen molar-refractivity contribution < 1.29 is 9.21 Å². The van der Waals surface area contributed by atoms with E-state index in [1.807, 2.05) is 26.1 Å². The summed E-state index contributed by atoms with van der Waals surface area (Å²) in [6, 6.07) is 3.72. The summed E-state index contributed by atoms with van der Waals surface area (Å²) >= 11 is 0. The predicted molar refractivity (Wildman–Crippen MR) is 69.7 cm³/mol. The minimum atomic E-state index is -0.368. The molecule has 1 fully saturated rings. The Kier molecular flexibility index (Phi) is 3.76. The fourth-order valence-electron chi connectivity index (χ4n) is 2.74. The zero-order chi connectivity index (χ0) is 13.2. The van der Waals surface area contributed by atoms with E-state index in [1.54, 1.807) is 11.2 Å². The summed E-state index contributed by atoms with van der Waals surface area (Å²) in [6.45, 7) is 2.51. The van der Waals surface area contributed by atoms with Gasteiger partial charge in [-0.1, -0.05) is 12.8 Å². The van der Waals surface area contributed by atoms with Crippen molar-refractivity contribution in [3.63, 3.8) is 0 Å². The van der Waals surface area contributed by atoms with Crippen LogP contribution in [0.25, 0.3) is 0 Å². The average molecular weight is 250 g/mol. The van der Waals surface area contributed by atoms with Gasteiger partial charge in [-0.25, -0.2) is 0 Å². The van der Waals surface area contributed by atoms with Gasteiger partial charge in [0.1, 0.15) is 5.76 Å². The molecule has 1 aromatic rings. The molecule has 0 bridgehead atoms. The van der Waals surface area contributed by atoms with Gasteiger partial charge in [-0.15, -0.1) is 0 Å². The monoisotopic (exact) mass is 250 g/mol. The first-order valence-corrected chi connectivity index (χ1v) is 6.57. The Hall–Kier alpha value is -1.29. The van der Waals surface area contributed by atoms with Gasteiger partial charge in [0.2, 0.25) is 5.91 Å². The maximum atomic E-state index is 12.4. The Morgan fingerprint density at radius 1 is 1.61 bits per heavy atom. The van der Waals surface area contributed by atoms with E-state index < -0.39 is 0 Å². The summed E-state index contributed by atoms with van der Waals surface area (Å²) < 4.78 is 5.27. The SMILES string of the molecule is CN(Cc1ccco1)C(=O)C1CCCCC1(C)N. The van der Waals surface area contributed by atoms with E-state index in [2.05, 4.69) is 0 Å². The largest absolute Gasteiger partial charge is 0.467 e. The molecular formula is C14H22N2O2. The highest BCUT2D eigenvalue weighted by atomic mass is 16.3. The number of nitrogens with two attached hydrogens (primary N) is 1. The molecule has 2 unspecified atom stereocenters. The number of carbonyl (C=O) groups excluding carboxylic acids is 1. The third kappa shape index (κ3) is 2.75. The molecule has 2 rings (SSSR count). The summed E-state index contributed by atoms with van der Waals surface area (Å²) in [5.74, 6) is 0.877. The molecule has 4 nitrogen and oxygen atoms in total. The number of hydrogen-bond acceptors (Lipinski definition) is 3. The minimum absolute atomic E-state index is 0.0637. The first-order chi connectivity index (χ1) is 8.50. The molecule has 1 aliphatic carbocycles. The highest BCUT2D eigenvalue weighted by Gasteiger charge is 2.39. The average Bonchev–Trinajstić information content (AvgIpc) is 2.80. The second-order valence-corrected chi connectivity index (χ2v) is 5.58. The number of rotatable bonds is 3. The number of nitrogens with zero attached hydrogens (tertiary/aromatic N) is 1. The van der Waals surface area contributed by atoms with Crippen LogP contribution in [0.4, 0.5) is 0 Å². The highest BCUT2D eigenvalue weighted by molar-refractivity contribution is 5.80. The number of amides is 1. The smallest absolute Gasteiger partial charge is 0.227 e. The topological polar surface area (TPSA) is 59.5 Å². The van der Waals surface area contributed by atoms with E-state index in [1.165, 1.54) is 0 Å². The molecule has 1 aliphatic rings. The van der Waals surface area contributed by atoms with Crippen molar-refractivity contribution in [1.29, 1.82) is 0 Å². The van der Waals surface area contributed by atoms with Crippen LogP contribution >= 0.6 is 0 Å². The summed E-state index contributed by atoms with van der Waals surface area (Å²) in [6.07, 6.45) is 5.67. The first kappa shape index (κ1) is 13.1. The Labute approximate surface area is 108 Å². The minimum Gasteiger partial charge on any atom is -0.467 e. The predicted octanol–water partition coefficient (Wildman–Crippen LogP) is 2.15. The van der Waals surface area contributed by atoms with Crippen molar-refractivity contribution in [2.45, 2.75) is 44.7 Å². The Morgan fingerprint density at radius 2 is 2.39 bits per heavy atom. The molecular weight excluding hydrogens is 228 g/mol. The Balaban J connectivity index is 2.01. The molecule has 2 atom stereocenters. The molecule has 2 N–H and O–H groups in total. The van der Waals surface area contributed by atoms with Gasteiger partial charge in [-0.05, 0) is 31.9 Å². The van der Waals surface area contributed by atoms with Crippen LogP contribution in [0.5, 0.6) is 0 Å². The standard InChI is InChI=1S/C14H22N2O2/c1-14(15)8-4-3-7-12(14)13(17)16(2)10-11-6-5-9-18-11/h5-6,9,12H,3-4,7-8,10,15H2,1-2H3. The van der Waals surface area contributed by atoms with Gasteiger partial charge in [0.05, 0.1) is 18.7 Å². The van der Waals surface area contributed by atoms with Crippen molar-refractivity contribution in [2.24, 2.45) is 11.7 Å². The zero-order valence-electron chi connectivity index (χ0n) is 11.2. The van der Waals surface area contributed by atoms with Crippen LogP contribution in [-0.4, -0.2) is 23.4 Å². The van der Waals surface area contributed by atoms with Crippen LogP contribution in [0.1, 0.15) is 38.4 Å². The van der Waals surface area contributed by atoms with Crippen LogP contribution < -0.4 is 5.73 Å². The molecule has 0 radical (unpaired) electrons. The van der Waals surface area contributed by atoms with E-state index in [9.17, 15) is 4.79 Å². The second-order valence-electron chi connectivity index (χ2n) is 5.58. The molecule has 0 spiro atoms. The van der Waals surface area contributed by atoms with Crippen molar-refractivity contribution in [1.82, 2.24) is 4.90 Å². The number of carbonyl (C=O) groups is 1. The molecule has 0 aliphatic heterocycles. The normalized spacial score (nSPS) is 28.1. The fourth-order valence-corrected chi connectivity index (χ4v) is 2.74. The van der Waals surface area contributed by atoms with Crippen molar-refractivity contribution in [2.75, 3.05) is 7.05 Å². The van der Waals surface area contributed by atoms with Crippen LogP contribution in [0.15, 0.2) is 22.8 Å². The van der Waals surface area contributed by atoms with Crippen molar-refractivity contribution >= 4 is 5.91 Å². The molecule has 0 aromatic carbocycles. The van der Waals surface area contributed by atoms with E-state index >= 15 is 0 Å². The molecule has 0 saturated heterocycles.